The molecule has 0 fully saturated rings. The summed E-state index contributed by atoms with van der Waals surface area (Å²) in [6.07, 6.45) is 1.75. The van der Waals surface area contributed by atoms with Crippen LogP contribution in [0.5, 0.6) is 5.75 Å². The van der Waals surface area contributed by atoms with Crippen molar-refractivity contribution in [2.24, 2.45) is 0 Å². The molecule has 1 atom stereocenters. The quantitative estimate of drug-likeness (QED) is 0.918. The average molecular weight is 300 g/mol. The van der Waals surface area contributed by atoms with Crippen molar-refractivity contribution < 1.29 is 4.74 Å². The van der Waals surface area contributed by atoms with E-state index in [-0.39, 0.29) is 12.1 Å². The Labute approximate surface area is 122 Å². The van der Waals surface area contributed by atoms with Crippen LogP contribution in [0.3, 0.4) is 0 Å². The van der Waals surface area contributed by atoms with E-state index in [1.54, 1.807) is 24.6 Å². The molecule has 0 saturated carbocycles. The van der Waals surface area contributed by atoms with Gasteiger partial charge in [-0.15, -0.1) is 11.3 Å². The van der Waals surface area contributed by atoms with Gasteiger partial charge in [-0.3, -0.25) is 4.68 Å². The fourth-order valence-corrected chi connectivity index (χ4v) is 3.38. The van der Waals surface area contributed by atoms with Gasteiger partial charge in [-0.1, -0.05) is 11.6 Å². The molecule has 0 aromatic carbocycles. The number of nitrogens with one attached hydrogen (secondary N) is 1. The molecule has 2 heterocycles. The molecule has 4 nitrogen and oxygen atoms in total. The molecule has 0 aliphatic heterocycles. The number of hydrogen-bond acceptors (Lipinski definition) is 4. The lowest BCUT2D eigenvalue weighted by molar-refractivity contribution is 0.397. The predicted molar refractivity (Wildman–Crippen MR) is 79.4 cm³/mol. The van der Waals surface area contributed by atoms with Crippen molar-refractivity contribution in [2.75, 3.05) is 14.2 Å². The summed E-state index contributed by atoms with van der Waals surface area (Å²) in [6.45, 7) is 4.19. The van der Waals surface area contributed by atoms with Gasteiger partial charge in [0.1, 0.15) is 5.69 Å². The predicted octanol–water partition coefficient (Wildman–Crippen LogP) is 3.50. The maximum atomic E-state index is 6.26. The Kier molecular flexibility index (Phi) is 4.50. The SMILES string of the molecule is CNC(c1sccc1Cl)c1c(OC)cnn1C(C)C. The summed E-state index contributed by atoms with van der Waals surface area (Å²) in [7, 11) is 3.58. The minimum Gasteiger partial charge on any atom is -0.493 e. The zero-order valence-corrected chi connectivity index (χ0v) is 13.0. The molecule has 0 amide bonds. The zero-order chi connectivity index (χ0) is 14.0. The average Bonchev–Trinajstić information content (AvgIpc) is 2.98. The maximum Gasteiger partial charge on any atom is 0.161 e. The van der Waals surface area contributed by atoms with E-state index in [1.165, 1.54) is 0 Å². The Morgan fingerprint density at radius 2 is 2.21 bits per heavy atom. The number of rotatable bonds is 5. The summed E-state index contributed by atoms with van der Waals surface area (Å²) < 4.78 is 7.40. The van der Waals surface area contributed by atoms with Crippen molar-refractivity contribution in [3.8, 4) is 5.75 Å². The molecule has 1 unspecified atom stereocenters. The van der Waals surface area contributed by atoms with E-state index < -0.39 is 0 Å². The number of hydrogen-bond donors (Lipinski definition) is 1. The van der Waals surface area contributed by atoms with Crippen LogP contribution in [0.15, 0.2) is 17.6 Å². The first-order valence-corrected chi connectivity index (χ1v) is 7.37. The van der Waals surface area contributed by atoms with Crippen molar-refractivity contribution in [1.82, 2.24) is 15.1 Å². The van der Waals surface area contributed by atoms with Crippen molar-refractivity contribution in [3.05, 3.63) is 33.2 Å². The van der Waals surface area contributed by atoms with Gasteiger partial charge in [-0.2, -0.15) is 5.10 Å². The number of thiophene rings is 1. The van der Waals surface area contributed by atoms with Crippen molar-refractivity contribution >= 4 is 22.9 Å². The largest absolute Gasteiger partial charge is 0.493 e. The van der Waals surface area contributed by atoms with Gasteiger partial charge in [0.25, 0.3) is 0 Å². The molecule has 2 rings (SSSR count). The molecule has 1 N–H and O–H groups in total. The highest BCUT2D eigenvalue weighted by Crippen LogP contribution is 2.37. The third-order valence-electron chi connectivity index (χ3n) is 2.98. The van der Waals surface area contributed by atoms with Gasteiger partial charge in [-0.05, 0) is 32.3 Å². The molecule has 19 heavy (non-hydrogen) atoms. The molecule has 0 radical (unpaired) electrons. The second-order valence-corrected chi connectivity index (χ2v) is 5.85. The first-order chi connectivity index (χ1) is 9.10. The van der Waals surface area contributed by atoms with Crippen molar-refractivity contribution in [1.29, 1.82) is 0 Å². The van der Waals surface area contributed by atoms with E-state index in [9.17, 15) is 0 Å². The smallest absolute Gasteiger partial charge is 0.161 e. The molecule has 0 spiro atoms. The molecule has 2 aromatic rings. The fourth-order valence-electron chi connectivity index (χ4n) is 2.10. The van der Waals surface area contributed by atoms with Crippen LogP contribution in [-0.4, -0.2) is 23.9 Å². The van der Waals surface area contributed by atoms with Crippen molar-refractivity contribution in [3.63, 3.8) is 0 Å². The zero-order valence-electron chi connectivity index (χ0n) is 11.5. The molecule has 6 heteroatoms. The van der Waals surface area contributed by atoms with Crippen molar-refractivity contribution in [2.45, 2.75) is 25.9 Å². The maximum absolute atomic E-state index is 6.26. The molecule has 104 valence electrons. The van der Waals surface area contributed by atoms with Gasteiger partial charge in [0.05, 0.1) is 24.4 Å². The number of ether oxygens (including phenoxy) is 1. The lowest BCUT2D eigenvalue weighted by atomic mass is 10.1. The molecule has 0 saturated heterocycles. The summed E-state index contributed by atoms with van der Waals surface area (Å²) in [6, 6.07) is 2.15. The fraction of sp³-hybridized carbons (Fsp3) is 0.462. The van der Waals surface area contributed by atoms with Gasteiger partial charge in [0, 0.05) is 10.9 Å². The van der Waals surface area contributed by atoms with E-state index in [0.29, 0.717) is 0 Å². The van der Waals surface area contributed by atoms with Gasteiger partial charge < -0.3 is 10.1 Å². The van der Waals surface area contributed by atoms with Crippen LogP contribution >= 0.6 is 22.9 Å². The number of nitrogens with zero attached hydrogens (tertiary/aromatic N) is 2. The molecule has 0 aliphatic rings. The number of halogens is 1. The van der Waals surface area contributed by atoms with Crippen LogP contribution in [0.4, 0.5) is 0 Å². The lowest BCUT2D eigenvalue weighted by Crippen LogP contribution is -2.22. The Balaban J connectivity index is 2.54. The molecular formula is C13H18ClN3OS. The van der Waals surface area contributed by atoms with Crippen LogP contribution in [0, 0.1) is 0 Å². The topological polar surface area (TPSA) is 39.1 Å². The highest BCUT2D eigenvalue weighted by molar-refractivity contribution is 7.10. The summed E-state index contributed by atoms with van der Waals surface area (Å²) in [5.74, 6) is 0.775. The number of aromatic nitrogens is 2. The third kappa shape index (κ3) is 2.63. The van der Waals surface area contributed by atoms with E-state index in [2.05, 4.69) is 24.3 Å². The summed E-state index contributed by atoms with van der Waals surface area (Å²) in [5, 5.41) is 10.5. The summed E-state index contributed by atoms with van der Waals surface area (Å²) >= 11 is 7.89. The Morgan fingerprint density at radius 3 is 2.68 bits per heavy atom. The van der Waals surface area contributed by atoms with Gasteiger partial charge in [-0.25, -0.2) is 0 Å². The summed E-state index contributed by atoms with van der Waals surface area (Å²) in [5.41, 5.74) is 1.00. The van der Waals surface area contributed by atoms with E-state index >= 15 is 0 Å². The Morgan fingerprint density at radius 1 is 1.47 bits per heavy atom. The minimum atomic E-state index is -0.0210. The summed E-state index contributed by atoms with van der Waals surface area (Å²) in [4.78, 5) is 1.07. The first kappa shape index (κ1) is 14.4. The number of methoxy groups -OCH3 is 1. The Bertz CT molecular complexity index is 550. The van der Waals surface area contributed by atoms with Crippen LogP contribution in [0.2, 0.25) is 5.02 Å². The van der Waals surface area contributed by atoms with Crippen LogP contribution in [0.1, 0.15) is 36.5 Å². The molecule has 0 aliphatic carbocycles. The Hall–Kier alpha value is -1.04. The minimum absolute atomic E-state index is 0.0210. The van der Waals surface area contributed by atoms with Gasteiger partial charge in [0.2, 0.25) is 0 Å². The van der Waals surface area contributed by atoms with E-state index in [0.717, 1.165) is 21.3 Å². The third-order valence-corrected chi connectivity index (χ3v) is 4.40. The monoisotopic (exact) mass is 299 g/mol. The van der Waals surface area contributed by atoms with Crippen LogP contribution < -0.4 is 10.1 Å². The highest BCUT2D eigenvalue weighted by Gasteiger charge is 2.26. The van der Waals surface area contributed by atoms with E-state index in [1.807, 2.05) is 23.2 Å². The van der Waals surface area contributed by atoms with Gasteiger partial charge >= 0.3 is 0 Å². The lowest BCUT2D eigenvalue weighted by Gasteiger charge is -2.20. The second-order valence-electron chi connectivity index (χ2n) is 4.49. The highest BCUT2D eigenvalue weighted by atomic mass is 35.5. The normalized spacial score (nSPS) is 12.9. The van der Waals surface area contributed by atoms with Crippen LogP contribution in [0.25, 0.3) is 0 Å². The molecule has 0 bridgehead atoms. The van der Waals surface area contributed by atoms with E-state index in [4.69, 9.17) is 16.3 Å². The standard InChI is InChI=1S/C13H18ClN3OS/c1-8(2)17-12(10(18-4)7-16-17)11(15-3)13-9(14)5-6-19-13/h5-8,11,15H,1-4H3. The molecular weight excluding hydrogens is 282 g/mol. The molecule has 2 aromatic heterocycles. The van der Waals surface area contributed by atoms with Crippen LogP contribution in [-0.2, 0) is 0 Å². The first-order valence-electron chi connectivity index (χ1n) is 6.11. The second kappa shape index (κ2) is 5.94. The van der Waals surface area contributed by atoms with Gasteiger partial charge in [0.15, 0.2) is 5.75 Å².